The summed E-state index contributed by atoms with van der Waals surface area (Å²) in [5.74, 6) is -1.29. The van der Waals surface area contributed by atoms with Gasteiger partial charge in [0.1, 0.15) is 12.3 Å². The lowest BCUT2D eigenvalue weighted by Crippen LogP contribution is -2.29. The van der Waals surface area contributed by atoms with E-state index in [1.165, 1.54) is 12.5 Å². The van der Waals surface area contributed by atoms with E-state index in [-0.39, 0.29) is 25.7 Å². The van der Waals surface area contributed by atoms with Gasteiger partial charge < -0.3 is 19.7 Å². The molecule has 1 amide bonds. The van der Waals surface area contributed by atoms with Gasteiger partial charge in [-0.15, -0.1) is 0 Å². The number of carbonyl (C=O) groups excluding carboxylic acids is 1. The number of amides is 1. The fraction of sp³-hybridized carbons (Fsp3) is 0.444. The second kappa shape index (κ2) is 5.86. The lowest BCUT2D eigenvalue weighted by molar-refractivity contribution is -0.142. The molecule has 0 saturated carbocycles. The van der Waals surface area contributed by atoms with Crippen LogP contribution in [0.4, 0.5) is 0 Å². The first kappa shape index (κ1) is 12.2. The SMILES string of the molecule is Cn1cncc1C(=O)NCCOCC(=O)O. The van der Waals surface area contributed by atoms with Crippen molar-refractivity contribution in [3.8, 4) is 0 Å². The van der Waals surface area contributed by atoms with E-state index in [0.717, 1.165) is 0 Å². The number of aromatic nitrogens is 2. The monoisotopic (exact) mass is 227 g/mol. The van der Waals surface area contributed by atoms with Gasteiger partial charge in [-0.3, -0.25) is 4.79 Å². The minimum atomic E-state index is -1.03. The van der Waals surface area contributed by atoms with Crippen LogP contribution in [0.5, 0.6) is 0 Å². The van der Waals surface area contributed by atoms with Crippen molar-refractivity contribution in [2.75, 3.05) is 19.8 Å². The van der Waals surface area contributed by atoms with Crippen molar-refractivity contribution in [2.45, 2.75) is 0 Å². The van der Waals surface area contributed by atoms with E-state index >= 15 is 0 Å². The van der Waals surface area contributed by atoms with E-state index in [4.69, 9.17) is 9.84 Å². The predicted molar refractivity (Wildman–Crippen MR) is 54.0 cm³/mol. The number of nitrogens with one attached hydrogen (secondary N) is 1. The van der Waals surface area contributed by atoms with Gasteiger partial charge in [0.25, 0.3) is 5.91 Å². The Bertz CT molecular complexity index is 375. The Morgan fingerprint density at radius 1 is 1.62 bits per heavy atom. The van der Waals surface area contributed by atoms with Gasteiger partial charge in [0.05, 0.1) is 19.1 Å². The van der Waals surface area contributed by atoms with Gasteiger partial charge in [0.2, 0.25) is 0 Å². The van der Waals surface area contributed by atoms with Crippen LogP contribution in [0.3, 0.4) is 0 Å². The summed E-state index contributed by atoms with van der Waals surface area (Å²) >= 11 is 0. The molecule has 1 aromatic heterocycles. The average Bonchev–Trinajstić information content (AvgIpc) is 2.63. The third-order valence-electron chi connectivity index (χ3n) is 1.81. The minimum Gasteiger partial charge on any atom is -0.480 e. The van der Waals surface area contributed by atoms with Crippen molar-refractivity contribution in [1.82, 2.24) is 14.9 Å². The van der Waals surface area contributed by atoms with Gasteiger partial charge in [-0.25, -0.2) is 9.78 Å². The minimum absolute atomic E-state index is 0.163. The summed E-state index contributed by atoms with van der Waals surface area (Å²) in [4.78, 5) is 25.4. The highest BCUT2D eigenvalue weighted by Crippen LogP contribution is 1.94. The maximum Gasteiger partial charge on any atom is 0.329 e. The number of imidazole rings is 1. The van der Waals surface area contributed by atoms with E-state index in [2.05, 4.69) is 10.3 Å². The molecule has 2 N–H and O–H groups in total. The van der Waals surface area contributed by atoms with Crippen LogP contribution < -0.4 is 5.32 Å². The van der Waals surface area contributed by atoms with Gasteiger partial charge in [0.15, 0.2) is 0 Å². The Hall–Kier alpha value is -1.89. The number of ether oxygens (including phenoxy) is 1. The Balaban J connectivity index is 2.21. The van der Waals surface area contributed by atoms with Crippen LogP contribution in [0.15, 0.2) is 12.5 Å². The quantitative estimate of drug-likeness (QED) is 0.624. The van der Waals surface area contributed by atoms with E-state index in [1.54, 1.807) is 11.6 Å². The third-order valence-corrected chi connectivity index (χ3v) is 1.81. The maximum atomic E-state index is 11.5. The molecule has 88 valence electrons. The Kier molecular flexibility index (Phi) is 4.46. The molecule has 0 aliphatic carbocycles. The summed E-state index contributed by atoms with van der Waals surface area (Å²) in [6, 6.07) is 0. The first-order chi connectivity index (χ1) is 7.61. The molecule has 7 nitrogen and oxygen atoms in total. The van der Waals surface area contributed by atoms with Crippen molar-refractivity contribution >= 4 is 11.9 Å². The van der Waals surface area contributed by atoms with Crippen LogP contribution >= 0.6 is 0 Å². The molecular weight excluding hydrogens is 214 g/mol. The number of aliphatic carboxylic acids is 1. The number of carboxylic acids is 1. The molecule has 0 bridgehead atoms. The number of aryl methyl sites for hydroxylation is 1. The van der Waals surface area contributed by atoms with Crippen LogP contribution in [0.25, 0.3) is 0 Å². The molecule has 1 aromatic rings. The van der Waals surface area contributed by atoms with Crippen LogP contribution in [0, 0.1) is 0 Å². The maximum absolute atomic E-state index is 11.5. The van der Waals surface area contributed by atoms with E-state index in [9.17, 15) is 9.59 Å². The van der Waals surface area contributed by atoms with Gasteiger partial charge in [-0.1, -0.05) is 0 Å². The van der Waals surface area contributed by atoms with Crippen LogP contribution in [-0.2, 0) is 16.6 Å². The molecule has 1 rings (SSSR count). The molecule has 0 aromatic carbocycles. The molecule has 0 atom stereocenters. The van der Waals surface area contributed by atoms with E-state index in [0.29, 0.717) is 5.69 Å². The largest absolute Gasteiger partial charge is 0.480 e. The third kappa shape index (κ3) is 3.70. The summed E-state index contributed by atoms with van der Waals surface area (Å²) in [5, 5.41) is 10.9. The fourth-order valence-corrected chi connectivity index (χ4v) is 1.06. The number of hydrogen-bond donors (Lipinski definition) is 2. The second-order valence-electron chi connectivity index (χ2n) is 3.09. The van der Waals surface area contributed by atoms with Gasteiger partial charge in [-0.05, 0) is 0 Å². The molecule has 16 heavy (non-hydrogen) atoms. The summed E-state index contributed by atoms with van der Waals surface area (Å²) in [6.07, 6.45) is 2.98. The van der Waals surface area contributed by atoms with Gasteiger partial charge >= 0.3 is 5.97 Å². The van der Waals surface area contributed by atoms with Gasteiger partial charge in [-0.2, -0.15) is 0 Å². The average molecular weight is 227 g/mol. The highest BCUT2D eigenvalue weighted by Gasteiger charge is 2.08. The fourth-order valence-electron chi connectivity index (χ4n) is 1.06. The Labute approximate surface area is 92.0 Å². The molecule has 0 fully saturated rings. The zero-order valence-corrected chi connectivity index (χ0v) is 8.84. The first-order valence-corrected chi connectivity index (χ1v) is 4.65. The van der Waals surface area contributed by atoms with Crippen LogP contribution in [-0.4, -0.2) is 46.3 Å². The van der Waals surface area contributed by atoms with Crippen molar-refractivity contribution < 1.29 is 19.4 Å². The van der Waals surface area contributed by atoms with Crippen molar-refractivity contribution in [1.29, 1.82) is 0 Å². The number of carboxylic acid groups (broad SMARTS) is 1. The highest BCUT2D eigenvalue weighted by molar-refractivity contribution is 5.92. The van der Waals surface area contributed by atoms with Crippen molar-refractivity contribution in [3.63, 3.8) is 0 Å². The molecule has 0 spiro atoms. The standard InChI is InChI=1S/C9H13N3O4/c1-12-6-10-4-7(12)9(15)11-2-3-16-5-8(13)14/h4,6H,2-3,5H2,1H3,(H,11,15)(H,13,14). The summed E-state index contributed by atoms with van der Waals surface area (Å²) in [5.41, 5.74) is 0.443. The molecule has 7 heteroatoms. The van der Waals surface area contributed by atoms with E-state index < -0.39 is 5.97 Å². The molecule has 0 aliphatic heterocycles. The summed E-state index contributed by atoms with van der Waals surface area (Å²) < 4.78 is 6.35. The molecule has 0 saturated heterocycles. The molecule has 0 unspecified atom stereocenters. The topological polar surface area (TPSA) is 93.5 Å². The Morgan fingerprint density at radius 2 is 2.38 bits per heavy atom. The second-order valence-corrected chi connectivity index (χ2v) is 3.09. The zero-order valence-electron chi connectivity index (χ0n) is 8.84. The normalized spacial score (nSPS) is 10.1. The lowest BCUT2D eigenvalue weighted by atomic mass is 10.4. The van der Waals surface area contributed by atoms with Gasteiger partial charge in [0, 0.05) is 13.6 Å². The number of nitrogens with zero attached hydrogens (tertiary/aromatic N) is 2. The van der Waals surface area contributed by atoms with E-state index in [1.807, 2.05) is 0 Å². The number of rotatable bonds is 6. The van der Waals surface area contributed by atoms with Crippen LogP contribution in [0.2, 0.25) is 0 Å². The molecular formula is C9H13N3O4. The summed E-state index contributed by atoms with van der Waals surface area (Å²) in [6.45, 7) is 0.0643. The highest BCUT2D eigenvalue weighted by atomic mass is 16.5. The number of carbonyl (C=O) groups is 2. The summed E-state index contributed by atoms with van der Waals surface area (Å²) in [7, 11) is 1.71. The van der Waals surface area contributed by atoms with Crippen molar-refractivity contribution in [3.05, 3.63) is 18.2 Å². The van der Waals surface area contributed by atoms with Crippen LogP contribution in [0.1, 0.15) is 10.5 Å². The predicted octanol–water partition coefficient (Wildman–Crippen LogP) is -0.749. The Morgan fingerprint density at radius 3 is 2.94 bits per heavy atom. The first-order valence-electron chi connectivity index (χ1n) is 4.65. The zero-order chi connectivity index (χ0) is 12.0. The molecule has 1 heterocycles. The molecule has 0 aliphatic rings. The van der Waals surface area contributed by atoms with Crippen molar-refractivity contribution in [2.24, 2.45) is 7.05 Å². The lowest BCUT2D eigenvalue weighted by Gasteiger charge is -2.05. The molecule has 0 radical (unpaired) electrons. The number of hydrogen-bond acceptors (Lipinski definition) is 4. The smallest absolute Gasteiger partial charge is 0.329 e.